The van der Waals surface area contributed by atoms with Gasteiger partial charge in [-0.1, -0.05) is 47.3 Å². The van der Waals surface area contributed by atoms with E-state index in [1.54, 1.807) is 6.20 Å². The summed E-state index contributed by atoms with van der Waals surface area (Å²) in [4.78, 5) is 4.27. The van der Waals surface area contributed by atoms with E-state index >= 15 is 0 Å². The second kappa shape index (κ2) is 8.80. The van der Waals surface area contributed by atoms with Crippen LogP contribution >= 0.6 is 0 Å². The van der Waals surface area contributed by atoms with Crippen molar-refractivity contribution in [1.29, 1.82) is 0 Å². The molecule has 0 aliphatic rings. The molecule has 0 aromatic carbocycles. The minimum absolute atomic E-state index is 0.0102. The van der Waals surface area contributed by atoms with E-state index in [4.69, 9.17) is 5.73 Å². The predicted octanol–water partition coefficient (Wildman–Crippen LogP) is 4.45. The number of rotatable bonds is 4. The Bertz CT molecular complexity index is 297. The molecule has 0 bridgehead atoms. The Morgan fingerprint density at radius 1 is 1.24 bits per heavy atom. The van der Waals surface area contributed by atoms with Crippen LogP contribution in [0.1, 0.15) is 48.0 Å². The van der Waals surface area contributed by atoms with Gasteiger partial charge in [-0.05, 0) is 17.9 Å². The summed E-state index contributed by atoms with van der Waals surface area (Å²) >= 11 is 0. The van der Waals surface area contributed by atoms with Gasteiger partial charge in [0.25, 0.3) is 0 Å². The Hall–Kier alpha value is -1.31. The van der Waals surface area contributed by atoms with E-state index < -0.39 is 0 Å². The molecule has 0 aliphatic heterocycles. The molecule has 0 radical (unpaired) electrons. The normalized spacial score (nSPS) is 13.2. The third-order valence-electron chi connectivity index (χ3n) is 2.02. The summed E-state index contributed by atoms with van der Waals surface area (Å²) in [7, 11) is 0. The molecule has 0 rings (SSSR count). The highest BCUT2D eigenvalue weighted by Gasteiger charge is 2.22. The summed E-state index contributed by atoms with van der Waals surface area (Å²) in [5.74, 6) is 0. The van der Waals surface area contributed by atoms with Gasteiger partial charge in [-0.2, -0.15) is 0 Å². The van der Waals surface area contributed by atoms with Crippen molar-refractivity contribution in [2.75, 3.05) is 0 Å². The standard InChI is InChI=1S/C13H22N2.C2H6/c1-7-9-11(15-8-2)12(10(3)14)13(4,5)6;1-2/h7-8H,1-2,9,14H2,3-6H3;1-2H3/b12-10+,15-11?;. The number of nitrogens with zero attached hydrogens (tertiary/aromatic N) is 1. The van der Waals surface area contributed by atoms with E-state index in [-0.39, 0.29) is 5.41 Å². The van der Waals surface area contributed by atoms with Gasteiger partial charge in [0.05, 0.1) is 0 Å². The monoisotopic (exact) mass is 236 g/mol. The van der Waals surface area contributed by atoms with Crippen LogP contribution in [0.15, 0.2) is 41.7 Å². The summed E-state index contributed by atoms with van der Waals surface area (Å²) in [5, 5.41) is 0. The Labute approximate surface area is 107 Å². The fourth-order valence-electron chi connectivity index (χ4n) is 1.72. The van der Waals surface area contributed by atoms with Gasteiger partial charge in [-0.25, -0.2) is 0 Å². The summed E-state index contributed by atoms with van der Waals surface area (Å²) in [6, 6.07) is 0. The van der Waals surface area contributed by atoms with Gasteiger partial charge in [0, 0.05) is 24.0 Å². The van der Waals surface area contributed by atoms with Gasteiger partial charge in [0.2, 0.25) is 0 Å². The molecule has 2 N–H and O–H groups in total. The first-order valence-electron chi connectivity index (χ1n) is 6.10. The lowest BCUT2D eigenvalue weighted by atomic mass is 9.81. The maximum atomic E-state index is 5.91. The molecular weight excluding hydrogens is 208 g/mol. The summed E-state index contributed by atoms with van der Waals surface area (Å²) in [6.45, 7) is 19.6. The molecule has 0 spiro atoms. The Morgan fingerprint density at radius 2 is 1.71 bits per heavy atom. The Kier molecular flexibility index (Phi) is 9.35. The first kappa shape index (κ1) is 18.1. The zero-order valence-corrected chi connectivity index (χ0v) is 12.3. The van der Waals surface area contributed by atoms with Crippen LogP contribution < -0.4 is 5.73 Å². The molecule has 0 saturated carbocycles. The molecule has 17 heavy (non-hydrogen) atoms. The topological polar surface area (TPSA) is 38.4 Å². The van der Waals surface area contributed by atoms with Crippen molar-refractivity contribution in [2.24, 2.45) is 16.1 Å². The molecule has 2 heteroatoms. The molecule has 0 aromatic rings. The fraction of sp³-hybridized carbons (Fsp3) is 0.533. The van der Waals surface area contributed by atoms with Crippen molar-refractivity contribution in [3.05, 3.63) is 36.7 Å². The number of aliphatic imine (C=N–C) groups is 1. The maximum Gasteiger partial charge on any atom is 0.0495 e. The van der Waals surface area contributed by atoms with E-state index in [1.807, 2.05) is 26.8 Å². The second-order valence-electron chi connectivity index (χ2n) is 4.56. The van der Waals surface area contributed by atoms with Gasteiger partial charge in [0.1, 0.15) is 0 Å². The first-order chi connectivity index (χ1) is 7.84. The average molecular weight is 236 g/mol. The number of hydrogen-bond donors (Lipinski definition) is 1. The molecule has 0 aliphatic carbocycles. The summed E-state index contributed by atoms with van der Waals surface area (Å²) in [5.41, 5.74) is 8.75. The minimum atomic E-state index is -0.0102. The van der Waals surface area contributed by atoms with Gasteiger partial charge in [-0.15, -0.1) is 6.58 Å². The lowest BCUT2D eigenvalue weighted by Gasteiger charge is -2.25. The summed E-state index contributed by atoms with van der Waals surface area (Å²) in [6.07, 6.45) is 4.09. The smallest absolute Gasteiger partial charge is 0.0495 e. The van der Waals surface area contributed by atoms with Gasteiger partial charge >= 0.3 is 0 Å². The van der Waals surface area contributed by atoms with Crippen LogP contribution in [-0.2, 0) is 0 Å². The third kappa shape index (κ3) is 6.77. The molecule has 0 heterocycles. The van der Waals surface area contributed by atoms with Crippen LogP contribution in [0.25, 0.3) is 0 Å². The average Bonchev–Trinajstić information content (AvgIpc) is 2.18. The van der Waals surface area contributed by atoms with Gasteiger partial charge in [-0.3, -0.25) is 4.99 Å². The van der Waals surface area contributed by atoms with Gasteiger partial charge < -0.3 is 5.73 Å². The molecule has 0 atom stereocenters. The van der Waals surface area contributed by atoms with Crippen molar-refractivity contribution in [3.8, 4) is 0 Å². The second-order valence-corrected chi connectivity index (χ2v) is 4.56. The van der Waals surface area contributed by atoms with Gasteiger partial charge in [0.15, 0.2) is 0 Å². The maximum absolute atomic E-state index is 5.91. The zero-order valence-electron chi connectivity index (χ0n) is 12.3. The molecule has 0 unspecified atom stereocenters. The lowest BCUT2D eigenvalue weighted by Crippen LogP contribution is -2.22. The predicted molar refractivity (Wildman–Crippen MR) is 80.1 cm³/mol. The molecule has 2 nitrogen and oxygen atoms in total. The minimum Gasteiger partial charge on any atom is -0.402 e. The fourth-order valence-corrected chi connectivity index (χ4v) is 1.72. The van der Waals surface area contributed by atoms with Crippen LogP contribution in [0.5, 0.6) is 0 Å². The third-order valence-corrected chi connectivity index (χ3v) is 2.02. The molecule has 98 valence electrons. The highest BCUT2D eigenvalue weighted by Crippen LogP contribution is 2.29. The van der Waals surface area contributed by atoms with Crippen molar-refractivity contribution in [3.63, 3.8) is 0 Å². The molecule has 0 amide bonds. The van der Waals surface area contributed by atoms with Crippen molar-refractivity contribution >= 4 is 5.71 Å². The van der Waals surface area contributed by atoms with E-state index in [1.165, 1.54) is 0 Å². The lowest BCUT2D eigenvalue weighted by molar-refractivity contribution is 0.517. The quantitative estimate of drug-likeness (QED) is 0.568. The van der Waals surface area contributed by atoms with Crippen LogP contribution in [0.3, 0.4) is 0 Å². The molecule has 0 fully saturated rings. The van der Waals surface area contributed by atoms with Crippen LogP contribution in [0.4, 0.5) is 0 Å². The number of allylic oxidation sites excluding steroid dienone is 3. The van der Waals surface area contributed by atoms with E-state index in [0.29, 0.717) is 6.42 Å². The van der Waals surface area contributed by atoms with Crippen molar-refractivity contribution in [2.45, 2.75) is 48.0 Å². The van der Waals surface area contributed by atoms with Crippen LogP contribution in [0, 0.1) is 5.41 Å². The highest BCUT2D eigenvalue weighted by molar-refractivity contribution is 6.02. The highest BCUT2D eigenvalue weighted by atomic mass is 14.7. The number of hydrogen-bond acceptors (Lipinski definition) is 2. The number of nitrogens with two attached hydrogens (primary N) is 1. The molecular formula is C15H28N2. The molecule has 0 saturated heterocycles. The van der Waals surface area contributed by atoms with Crippen LogP contribution in [-0.4, -0.2) is 5.71 Å². The SMILES string of the molecule is C=CCC(=NC=C)/C(=C(/C)N)C(C)(C)C.CC. The van der Waals surface area contributed by atoms with Crippen molar-refractivity contribution < 1.29 is 0 Å². The Morgan fingerprint density at radius 3 is 1.94 bits per heavy atom. The Balaban J connectivity index is 0. The van der Waals surface area contributed by atoms with Crippen LogP contribution in [0.2, 0.25) is 0 Å². The molecule has 0 aromatic heterocycles. The zero-order chi connectivity index (χ0) is 14.1. The van der Waals surface area contributed by atoms with E-state index in [9.17, 15) is 0 Å². The summed E-state index contributed by atoms with van der Waals surface area (Å²) < 4.78 is 0. The largest absolute Gasteiger partial charge is 0.402 e. The van der Waals surface area contributed by atoms with Crippen molar-refractivity contribution in [1.82, 2.24) is 0 Å². The van der Waals surface area contributed by atoms with E-state index in [0.717, 1.165) is 17.0 Å². The first-order valence-corrected chi connectivity index (χ1v) is 6.10. The van der Waals surface area contributed by atoms with E-state index in [2.05, 4.69) is 38.9 Å².